The molecule has 4 rings (SSSR count). The Morgan fingerprint density at radius 3 is 2.55 bits per heavy atom. The Balaban J connectivity index is 1.26. The van der Waals surface area contributed by atoms with Gasteiger partial charge in [0.25, 0.3) is 0 Å². The van der Waals surface area contributed by atoms with E-state index in [0.717, 1.165) is 51.0 Å². The van der Waals surface area contributed by atoms with Crippen LogP contribution in [0.5, 0.6) is 0 Å². The minimum atomic E-state index is -3.49. The van der Waals surface area contributed by atoms with E-state index >= 15 is 0 Å². The molecule has 0 spiro atoms. The van der Waals surface area contributed by atoms with Crippen LogP contribution in [0.15, 0.2) is 23.2 Å². The van der Waals surface area contributed by atoms with Crippen molar-refractivity contribution < 1.29 is 17.6 Å². The van der Waals surface area contributed by atoms with Crippen LogP contribution in [0.3, 0.4) is 0 Å². The molecule has 0 radical (unpaired) electrons. The molecule has 0 aliphatic carbocycles. The molecule has 0 bridgehead atoms. The third-order valence-electron chi connectivity index (χ3n) is 6.75. The van der Waals surface area contributed by atoms with Gasteiger partial charge < -0.3 is 15.1 Å². The zero-order valence-electron chi connectivity index (χ0n) is 18.7. The Morgan fingerprint density at radius 2 is 1.91 bits per heavy atom. The number of sulfonamides is 1. The third kappa shape index (κ3) is 5.45. The second-order valence-electron chi connectivity index (χ2n) is 8.98. The number of carbonyl (C=O) groups excluding carboxylic acids is 1. The zero-order valence-corrected chi connectivity index (χ0v) is 19.5. The van der Waals surface area contributed by atoms with Gasteiger partial charge in [-0.3, -0.25) is 4.79 Å². The standard InChI is InChI=1S/C22H31FN6O3S/c23-17-12-19(13-24)29(16-17)22(30)15-25-18-6-10-27(11-7-18)21-5-4-20(14-26-21)33(31,32)28-8-2-1-3-9-28/h4-5,14,17-19,25H,1-3,6-12,15-16H2/t17-,19-/m0/s1. The monoisotopic (exact) mass is 478 g/mol. The highest BCUT2D eigenvalue weighted by Gasteiger charge is 2.35. The van der Waals surface area contributed by atoms with Crippen LogP contribution >= 0.6 is 0 Å². The van der Waals surface area contributed by atoms with Crippen LogP contribution in [0.25, 0.3) is 0 Å². The smallest absolute Gasteiger partial charge is 0.244 e. The van der Waals surface area contributed by atoms with Gasteiger partial charge in [0.15, 0.2) is 0 Å². The Labute approximate surface area is 194 Å². The summed E-state index contributed by atoms with van der Waals surface area (Å²) in [6, 6.07) is 4.87. The zero-order chi connectivity index (χ0) is 23.4. The summed E-state index contributed by atoms with van der Waals surface area (Å²) in [5, 5.41) is 12.3. The van der Waals surface area contributed by atoms with Crippen molar-refractivity contribution in [1.29, 1.82) is 5.26 Å². The van der Waals surface area contributed by atoms with Crippen LogP contribution in [0.1, 0.15) is 38.5 Å². The minimum absolute atomic E-state index is 0.00761. The molecule has 1 amide bonds. The van der Waals surface area contributed by atoms with E-state index < -0.39 is 22.2 Å². The number of rotatable bonds is 6. The number of nitriles is 1. The van der Waals surface area contributed by atoms with Crippen LogP contribution < -0.4 is 10.2 Å². The summed E-state index contributed by atoms with van der Waals surface area (Å²) in [5.74, 6) is 0.501. The molecule has 9 nitrogen and oxygen atoms in total. The van der Waals surface area contributed by atoms with Gasteiger partial charge in [0.1, 0.15) is 22.9 Å². The van der Waals surface area contributed by atoms with Gasteiger partial charge in [-0.2, -0.15) is 9.57 Å². The number of nitrogens with one attached hydrogen (secondary N) is 1. The van der Waals surface area contributed by atoms with Crippen molar-refractivity contribution in [2.45, 2.75) is 61.7 Å². The molecule has 0 unspecified atom stereocenters. The highest BCUT2D eigenvalue weighted by atomic mass is 32.2. The van der Waals surface area contributed by atoms with Crippen LogP contribution in [0, 0.1) is 11.3 Å². The number of nitrogens with zero attached hydrogens (tertiary/aromatic N) is 5. The Bertz CT molecular complexity index is 969. The average molecular weight is 479 g/mol. The van der Waals surface area contributed by atoms with Crippen molar-refractivity contribution in [2.24, 2.45) is 0 Å². The first-order valence-electron chi connectivity index (χ1n) is 11.7. The second-order valence-corrected chi connectivity index (χ2v) is 10.9. The number of pyridine rings is 1. The first-order chi connectivity index (χ1) is 15.9. The number of hydrogen-bond donors (Lipinski definition) is 1. The molecule has 11 heteroatoms. The second kappa shape index (κ2) is 10.3. The molecule has 1 aromatic rings. The van der Waals surface area contributed by atoms with Crippen LogP contribution in [-0.2, 0) is 14.8 Å². The van der Waals surface area contributed by atoms with Gasteiger partial charge in [-0.25, -0.2) is 17.8 Å². The van der Waals surface area contributed by atoms with Gasteiger partial charge in [0, 0.05) is 44.8 Å². The van der Waals surface area contributed by atoms with Gasteiger partial charge in [-0.05, 0) is 37.8 Å². The van der Waals surface area contributed by atoms with Crippen molar-refractivity contribution in [3.05, 3.63) is 18.3 Å². The fourth-order valence-electron chi connectivity index (χ4n) is 4.80. The molecular formula is C22H31FN6O3S. The maximum absolute atomic E-state index is 13.5. The molecule has 33 heavy (non-hydrogen) atoms. The fraction of sp³-hybridized carbons (Fsp3) is 0.682. The Kier molecular flexibility index (Phi) is 7.46. The average Bonchev–Trinajstić information content (AvgIpc) is 3.24. The van der Waals surface area contributed by atoms with E-state index in [4.69, 9.17) is 5.26 Å². The molecule has 1 N–H and O–H groups in total. The predicted molar refractivity (Wildman–Crippen MR) is 121 cm³/mol. The maximum atomic E-state index is 13.5. The van der Waals surface area contributed by atoms with E-state index in [-0.39, 0.29) is 36.4 Å². The fourth-order valence-corrected chi connectivity index (χ4v) is 6.26. The third-order valence-corrected chi connectivity index (χ3v) is 8.64. The van der Waals surface area contributed by atoms with E-state index in [0.29, 0.717) is 13.1 Å². The molecular weight excluding hydrogens is 447 g/mol. The first-order valence-corrected chi connectivity index (χ1v) is 13.1. The summed E-state index contributed by atoms with van der Waals surface area (Å²) in [4.78, 5) is 20.5. The number of alkyl halides is 1. The Morgan fingerprint density at radius 1 is 1.18 bits per heavy atom. The number of likely N-dealkylation sites (tertiary alicyclic amines) is 1. The lowest BCUT2D eigenvalue weighted by atomic mass is 10.0. The van der Waals surface area contributed by atoms with E-state index in [1.807, 2.05) is 6.07 Å². The maximum Gasteiger partial charge on any atom is 0.244 e. The van der Waals surface area contributed by atoms with Crippen LogP contribution in [0.2, 0.25) is 0 Å². The number of hydrogen-bond acceptors (Lipinski definition) is 7. The number of anilines is 1. The van der Waals surface area contributed by atoms with Gasteiger partial charge in [0.05, 0.1) is 19.2 Å². The van der Waals surface area contributed by atoms with Crippen molar-refractivity contribution in [2.75, 3.05) is 44.2 Å². The summed E-state index contributed by atoms with van der Waals surface area (Å²) in [7, 11) is -3.49. The van der Waals surface area contributed by atoms with Crippen LogP contribution in [-0.4, -0.2) is 86.0 Å². The topological polar surface area (TPSA) is 110 Å². The number of carbonyl (C=O) groups is 1. The number of halogens is 1. The summed E-state index contributed by atoms with van der Waals surface area (Å²) < 4.78 is 40.7. The predicted octanol–water partition coefficient (Wildman–Crippen LogP) is 1.28. The van der Waals surface area contributed by atoms with Crippen molar-refractivity contribution in [3.8, 4) is 6.07 Å². The lowest BCUT2D eigenvalue weighted by molar-refractivity contribution is -0.130. The van der Waals surface area contributed by atoms with Gasteiger partial charge in [0.2, 0.25) is 15.9 Å². The molecule has 4 heterocycles. The number of aromatic nitrogens is 1. The van der Waals surface area contributed by atoms with E-state index in [2.05, 4.69) is 15.2 Å². The van der Waals surface area contributed by atoms with Crippen LogP contribution in [0.4, 0.5) is 10.2 Å². The van der Waals surface area contributed by atoms with E-state index in [1.165, 1.54) is 11.1 Å². The number of piperidine rings is 2. The van der Waals surface area contributed by atoms with Gasteiger partial charge >= 0.3 is 0 Å². The molecule has 180 valence electrons. The number of amides is 1. The minimum Gasteiger partial charge on any atom is -0.357 e. The van der Waals surface area contributed by atoms with Crippen molar-refractivity contribution >= 4 is 21.7 Å². The molecule has 0 saturated carbocycles. The van der Waals surface area contributed by atoms with Gasteiger partial charge in [-0.1, -0.05) is 6.42 Å². The molecule has 3 saturated heterocycles. The SMILES string of the molecule is N#C[C@@H]1C[C@H](F)CN1C(=O)CNC1CCN(c2ccc(S(=O)(=O)N3CCCCC3)cn2)CC1. The molecule has 2 atom stereocenters. The van der Waals surface area contributed by atoms with E-state index in [1.54, 1.807) is 16.4 Å². The molecule has 0 aromatic carbocycles. The molecule has 1 aromatic heterocycles. The summed E-state index contributed by atoms with van der Waals surface area (Å²) in [6.45, 7) is 2.68. The molecule has 3 aliphatic rings. The lowest BCUT2D eigenvalue weighted by Crippen LogP contribution is -2.47. The van der Waals surface area contributed by atoms with Crippen molar-refractivity contribution in [3.63, 3.8) is 0 Å². The largest absolute Gasteiger partial charge is 0.357 e. The summed E-state index contributed by atoms with van der Waals surface area (Å²) >= 11 is 0. The van der Waals surface area contributed by atoms with Gasteiger partial charge in [-0.15, -0.1) is 0 Å². The molecule has 3 fully saturated rings. The lowest BCUT2D eigenvalue weighted by Gasteiger charge is -2.33. The summed E-state index contributed by atoms with van der Waals surface area (Å²) in [5.41, 5.74) is 0. The first kappa shape index (κ1) is 23.9. The molecule has 3 aliphatic heterocycles. The highest BCUT2D eigenvalue weighted by Crippen LogP contribution is 2.24. The quantitative estimate of drug-likeness (QED) is 0.656. The van der Waals surface area contributed by atoms with Crippen molar-refractivity contribution in [1.82, 2.24) is 19.5 Å². The summed E-state index contributed by atoms with van der Waals surface area (Å²) in [6.07, 6.45) is 4.87. The highest BCUT2D eigenvalue weighted by molar-refractivity contribution is 7.89. The Hall–Kier alpha value is -2.29. The normalized spacial score (nSPS) is 25.2. The van der Waals surface area contributed by atoms with E-state index in [9.17, 15) is 17.6 Å².